The molecule has 4 nitrogen and oxygen atoms in total. The van der Waals surface area contributed by atoms with Crippen molar-refractivity contribution in [2.45, 2.75) is 38.9 Å². The van der Waals surface area contributed by atoms with Crippen molar-refractivity contribution in [3.63, 3.8) is 0 Å². The first-order valence-electron chi connectivity index (χ1n) is 7.74. The van der Waals surface area contributed by atoms with E-state index in [4.69, 9.17) is 9.47 Å². The minimum Gasteiger partial charge on any atom is -0.493 e. The first-order valence-corrected chi connectivity index (χ1v) is 7.74. The molecule has 1 saturated heterocycles. The third-order valence-electron chi connectivity index (χ3n) is 3.67. The van der Waals surface area contributed by atoms with E-state index in [1.54, 1.807) is 6.07 Å². The van der Waals surface area contributed by atoms with E-state index in [9.17, 15) is 4.79 Å². The van der Waals surface area contributed by atoms with Gasteiger partial charge in [0, 0.05) is 13.1 Å². The lowest BCUT2D eigenvalue weighted by molar-refractivity contribution is -0.0682. The number of benzene rings is 1. The molecule has 2 atom stereocenters. The van der Waals surface area contributed by atoms with Gasteiger partial charge in [-0.05, 0) is 45.4 Å². The number of hydrogen-bond donors (Lipinski definition) is 0. The van der Waals surface area contributed by atoms with Gasteiger partial charge >= 0.3 is 0 Å². The van der Waals surface area contributed by atoms with E-state index in [0.29, 0.717) is 30.1 Å². The molecule has 1 heterocycles. The Morgan fingerprint density at radius 2 is 1.95 bits per heavy atom. The number of hydrogen-bond acceptors (Lipinski definition) is 4. The molecule has 0 bridgehead atoms. The van der Waals surface area contributed by atoms with Gasteiger partial charge in [0.2, 0.25) is 0 Å². The molecule has 0 amide bonds. The van der Waals surface area contributed by atoms with Crippen molar-refractivity contribution >= 4 is 6.29 Å². The summed E-state index contributed by atoms with van der Waals surface area (Å²) in [4.78, 5) is 13.3. The van der Waals surface area contributed by atoms with Gasteiger partial charge in [-0.3, -0.25) is 9.69 Å². The first-order chi connectivity index (χ1) is 10.2. The Morgan fingerprint density at radius 1 is 1.24 bits per heavy atom. The topological polar surface area (TPSA) is 38.8 Å². The number of nitrogens with zero attached hydrogens (tertiary/aromatic N) is 1. The second-order valence-electron chi connectivity index (χ2n) is 5.73. The van der Waals surface area contributed by atoms with Crippen LogP contribution in [0.25, 0.3) is 0 Å². The fourth-order valence-corrected chi connectivity index (χ4v) is 2.80. The summed E-state index contributed by atoms with van der Waals surface area (Å²) in [5.74, 6) is 0.682. The number of unbranched alkanes of at least 4 members (excludes halogenated alkanes) is 1. The predicted octanol–water partition coefficient (Wildman–Crippen LogP) is 2.77. The van der Waals surface area contributed by atoms with Crippen molar-refractivity contribution in [2.75, 3.05) is 26.2 Å². The molecule has 1 aliphatic rings. The lowest BCUT2D eigenvalue weighted by Crippen LogP contribution is -2.45. The summed E-state index contributed by atoms with van der Waals surface area (Å²) in [6.07, 6.45) is 3.58. The average Bonchev–Trinajstić information content (AvgIpc) is 2.46. The van der Waals surface area contributed by atoms with Gasteiger partial charge in [0.15, 0.2) is 6.29 Å². The van der Waals surface area contributed by atoms with Gasteiger partial charge in [0.05, 0.1) is 24.4 Å². The predicted molar refractivity (Wildman–Crippen MR) is 83.0 cm³/mol. The Kier molecular flexibility index (Phi) is 6.21. The minimum absolute atomic E-state index is 0.324. The van der Waals surface area contributed by atoms with Crippen LogP contribution in [0.3, 0.4) is 0 Å². The van der Waals surface area contributed by atoms with Crippen LogP contribution in [0.4, 0.5) is 0 Å². The van der Waals surface area contributed by atoms with Gasteiger partial charge in [-0.1, -0.05) is 12.1 Å². The molecule has 0 N–H and O–H groups in total. The number of carbonyl (C=O) groups excluding carboxylic acids is 1. The van der Waals surface area contributed by atoms with Gasteiger partial charge in [-0.2, -0.15) is 0 Å². The molecule has 1 aromatic carbocycles. The molecular formula is C17H25NO3. The first kappa shape index (κ1) is 16.0. The Morgan fingerprint density at radius 3 is 2.67 bits per heavy atom. The molecule has 0 unspecified atom stereocenters. The Hall–Kier alpha value is -1.39. The average molecular weight is 291 g/mol. The van der Waals surface area contributed by atoms with Crippen LogP contribution in [-0.2, 0) is 4.74 Å². The molecule has 1 aromatic rings. The van der Waals surface area contributed by atoms with Gasteiger partial charge < -0.3 is 9.47 Å². The van der Waals surface area contributed by atoms with Crippen LogP contribution in [-0.4, -0.2) is 49.6 Å². The van der Waals surface area contributed by atoms with E-state index in [-0.39, 0.29) is 0 Å². The second kappa shape index (κ2) is 8.15. The molecule has 0 aromatic heterocycles. The molecule has 21 heavy (non-hydrogen) atoms. The van der Waals surface area contributed by atoms with Crippen molar-refractivity contribution in [2.24, 2.45) is 0 Å². The van der Waals surface area contributed by atoms with E-state index in [1.165, 1.54) is 0 Å². The van der Waals surface area contributed by atoms with Crippen LogP contribution < -0.4 is 4.74 Å². The molecule has 0 radical (unpaired) electrons. The normalized spacial score (nSPS) is 23.0. The summed E-state index contributed by atoms with van der Waals surface area (Å²) < 4.78 is 11.4. The number of carbonyl (C=O) groups is 1. The smallest absolute Gasteiger partial charge is 0.153 e. The zero-order valence-electron chi connectivity index (χ0n) is 13.0. The fraction of sp³-hybridized carbons (Fsp3) is 0.588. The molecule has 0 saturated carbocycles. The zero-order valence-corrected chi connectivity index (χ0v) is 13.0. The van der Waals surface area contributed by atoms with E-state index in [2.05, 4.69) is 18.7 Å². The second-order valence-corrected chi connectivity index (χ2v) is 5.73. The third kappa shape index (κ3) is 5.14. The lowest BCUT2D eigenvalue weighted by Gasteiger charge is -2.35. The van der Waals surface area contributed by atoms with Crippen LogP contribution >= 0.6 is 0 Å². The molecule has 1 fully saturated rings. The maximum absolute atomic E-state index is 10.9. The zero-order chi connectivity index (χ0) is 15.1. The Labute approximate surface area is 127 Å². The van der Waals surface area contributed by atoms with Crippen molar-refractivity contribution < 1.29 is 14.3 Å². The van der Waals surface area contributed by atoms with Crippen molar-refractivity contribution in [1.82, 2.24) is 4.90 Å². The van der Waals surface area contributed by atoms with Crippen molar-refractivity contribution in [1.29, 1.82) is 0 Å². The van der Waals surface area contributed by atoms with Crippen LogP contribution in [0.2, 0.25) is 0 Å². The van der Waals surface area contributed by atoms with Gasteiger partial charge in [-0.15, -0.1) is 0 Å². The van der Waals surface area contributed by atoms with Gasteiger partial charge in [-0.25, -0.2) is 0 Å². The number of morpholine rings is 1. The standard InChI is InChI=1S/C17H25NO3/c1-14-11-18(12-15(2)21-14)9-5-6-10-20-17-8-4-3-7-16(17)13-19/h3-4,7-8,13-15H,5-6,9-12H2,1-2H3/t14-,15-/m1/s1. The quantitative estimate of drug-likeness (QED) is 0.572. The SMILES string of the molecule is C[C@@H]1CN(CCCCOc2ccccc2C=O)C[C@@H](C)O1. The molecule has 116 valence electrons. The van der Waals surface area contributed by atoms with Crippen LogP contribution in [0.15, 0.2) is 24.3 Å². The summed E-state index contributed by atoms with van der Waals surface area (Å²) in [7, 11) is 0. The van der Waals surface area contributed by atoms with Crippen LogP contribution in [0, 0.1) is 0 Å². The largest absolute Gasteiger partial charge is 0.493 e. The van der Waals surface area contributed by atoms with Crippen molar-refractivity contribution in [3.8, 4) is 5.75 Å². The summed E-state index contributed by atoms with van der Waals surface area (Å²) in [6, 6.07) is 7.35. The highest BCUT2D eigenvalue weighted by Crippen LogP contribution is 2.16. The van der Waals surface area contributed by atoms with E-state index >= 15 is 0 Å². The van der Waals surface area contributed by atoms with Crippen LogP contribution in [0.5, 0.6) is 5.75 Å². The monoisotopic (exact) mass is 291 g/mol. The lowest BCUT2D eigenvalue weighted by atomic mass is 10.2. The Bertz CT molecular complexity index is 439. The summed E-state index contributed by atoms with van der Waals surface area (Å²) in [6.45, 7) is 8.01. The van der Waals surface area contributed by atoms with Crippen LogP contribution in [0.1, 0.15) is 37.0 Å². The van der Waals surface area contributed by atoms with E-state index in [0.717, 1.165) is 38.8 Å². The number of para-hydroxylation sites is 1. The highest BCUT2D eigenvalue weighted by molar-refractivity contribution is 5.79. The molecular weight excluding hydrogens is 266 g/mol. The van der Waals surface area contributed by atoms with E-state index in [1.807, 2.05) is 18.2 Å². The highest BCUT2D eigenvalue weighted by atomic mass is 16.5. The molecule has 0 aliphatic carbocycles. The molecule has 4 heteroatoms. The minimum atomic E-state index is 0.324. The third-order valence-corrected chi connectivity index (χ3v) is 3.67. The fourth-order valence-electron chi connectivity index (χ4n) is 2.80. The van der Waals surface area contributed by atoms with Crippen molar-refractivity contribution in [3.05, 3.63) is 29.8 Å². The molecule has 1 aliphatic heterocycles. The summed E-state index contributed by atoms with van der Waals surface area (Å²) >= 11 is 0. The van der Waals surface area contributed by atoms with E-state index < -0.39 is 0 Å². The number of ether oxygens (including phenoxy) is 2. The maximum Gasteiger partial charge on any atom is 0.153 e. The number of rotatable bonds is 7. The molecule has 0 spiro atoms. The van der Waals surface area contributed by atoms with Gasteiger partial charge in [0.25, 0.3) is 0 Å². The summed E-state index contributed by atoms with van der Waals surface area (Å²) in [5.41, 5.74) is 0.619. The molecule has 2 rings (SSSR count). The number of aldehydes is 1. The highest BCUT2D eigenvalue weighted by Gasteiger charge is 2.21. The maximum atomic E-state index is 10.9. The summed E-state index contributed by atoms with van der Waals surface area (Å²) in [5, 5.41) is 0. The van der Waals surface area contributed by atoms with Gasteiger partial charge in [0.1, 0.15) is 5.75 Å². The Balaban J connectivity index is 1.65.